The zero-order valence-electron chi connectivity index (χ0n) is 20.6. The Morgan fingerprint density at radius 2 is 1.30 bits per heavy atom. The second-order valence-electron chi connectivity index (χ2n) is 8.09. The summed E-state index contributed by atoms with van der Waals surface area (Å²) in [6.45, 7) is 0. The third kappa shape index (κ3) is 6.58. The van der Waals surface area contributed by atoms with Crippen molar-refractivity contribution in [2.45, 2.75) is 6.42 Å². The molecule has 0 aliphatic rings. The van der Waals surface area contributed by atoms with Gasteiger partial charge >= 0.3 is 0 Å². The molecule has 0 aliphatic heterocycles. The maximum absolute atomic E-state index is 13.5. The quantitative estimate of drug-likeness (QED) is 0.120. The van der Waals surface area contributed by atoms with Gasteiger partial charge in [0.2, 0.25) is 0 Å². The van der Waals surface area contributed by atoms with E-state index < -0.39 is 11.9 Å². The van der Waals surface area contributed by atoms with Gasteiger partial charge in [0.25, 0.3) is 11.9 Å². The van der Waals surface area contributed by atoms with Crippen LogP contribution in [-0.2, 0) is 42.3 Å². The molecule has 4 aromatic carbocycles. The van der Waals surface area contributed by atoms with E-state index in [0.717, 1.165) is 22.3 Å². The van der Waals surface area contributed by atoms with E-state index in [-0.39, 0.29) is 22.4 Å². The van der Waals surface area contributed by atoms with Crippen molar-refractivity contribution >= 4 is 23.1 Å². The van der Waals surface area contributed by atoms with Crippen molar-refractivity contribution in [2.24, 2.45) is 0 Å². The molecular formula is C32H26CoO4-2. The van der Waals surface area contributed by atoms with Gasteiger partial charge < -0.3 is 9.47 Å². The number of carbonyl (C=O) groups excluding carboxylic acids is 2. The van der Waals surface area contributed by atoms with Crippen LogP contribution in [-0.4, -0.2) is 26.2 Å². The number of ether oxygens (including phenoxy) is 2. The normalized spacial score (nSPS) is 11.7. The fraction of sp³-hybridized carbons (Fsp3) is 0.0938. The Morgan fingerprint density at radius 3 is 1.89 bits per heavy atom. The van der Waals surface area contributed by atoms with Gasteiger partial charge in [-0.15, -0.1) is 17.7 Å². The SMILES string of the molecule is COC(=O)[C-]=C(C(C(=O)OC)=C(c1ccccc1)c1ccccc1C[c-]1cccc1)c1ccccc1.[Co]. The van der Waals surface area contributed by atoms with Crippen molar-refractivity contribution in [2.75, 3.05) is 14.2 Å². The molecule has 0 saturated carbocycles. The van der Waals surface area contributed by atoms with Gasteiger partial charge in [0.05, 0.1) is 14.2 Å². The first-order valence-corrected chi connectivity index (χ1v) is 11.6. The standard InChI is InChI=1S/C32H26O4.Co/c1-35-29(33)22-28(24-15-5-3-6-16-24)31(32(34)36-2)30(25-17-7-4-8-18-25)27-20-12-11-19-26(27)21-23-13-9-10-14-23;/h3-20H,21H2,1-2H3;/q-2;. The van der Waals surface area contributed by atoms with Gasteiger partial charge in [0, 0.05) is 16.8 Å². The van der Waals surface area contributed by atoms with Crippen molar-refractivity contribution in [1.29, 1.82) is 0 Å². The molecule has 4 aromatic rings. The summed E-state index contributed by atoms with van der Waals surface area (Å²) in [5.74, 6) is -1.26. The van der Waals surface area contributed by atoms with E-state index in [9.17, 15) is 9.59 Å². The summed E-state index contributed by atoms with van der Waals surface area (Å²) >= 11 is 0. The Kier molecular flexibility index (Phi) is 9.89. The van der Waals surface area contributed by atoms with Crippen LogP contribution in [0.25, 0.3) is 11.1 Å². The maximum Gasteiger partial charge on any atom is 0.282 e. The van der Waals surface area contributed by atoms with Crippen LogP contribution in [0.15, 0.2) is 115 Å². The summed E-state index contributed by atoms with van der Waals surface area (Å²) in [5.41, 5.74) is 5.71. The second kappa shape index (κ2) is 13.3. The second-order valence-corrected chi connectivity index (χ2v) is 8.09. The topological polar surface area (TPSA) is 52.6 Å². The number of carbonyl (C=O) groups is 2. The Hall–Kier alpha value is -4.06. The predicted octanol–water partition coefficient (Wildman–Crippen LogP) is 6.03. The minimum atomic E-state index is -0.687. The monoisotopic (exact) mass is 533 g/mol. The number of hydrogen-bond acceptors (Lipinski definition) is 4. The van der Waals surface area contributed by atoms with Crippen molar-refractivity contribution in [3.63, 3.8) is 0 Å². The van der Waals surface area contributed by atoms with Crippen LogP contribution in [0.5, 0.6) is 0 Å². The molecule has 4 nitrogen and oxygen atoms in total. The van der Waals surface area contributed by atoms with Crippen molar-refractivity contribution in [3.8, 4) is 0 Å². The van der Waals surface area contributed by atoms with Gasteiger partial charge in [-0.05, 0) is 28.7 Å². The summed E-state index contributed by atoms with van der Waals surface area (Å²) in [6, 6.07) is 35.0. The van der Waals surface area contributed by atoms with E-state index in [0.29, 0.717) is 23.1 Å². The minimum Gasteiger partial charge on any atom is -0.475 e. The van der Waals surface area contributed by atoms with Crippen LogP contribution in [0.2, 0.25) is 0 Å². The number of benzene rings is 3. The Morgan fingerprint density at radius 1 is 0.730 bits per heavy atom. The number of rotatable bonds is 8. The summed E-state index contributed by atoms with van der Waals surface area (Å²) in [6.07, 6.45) is 3.46. The van der Waals surface area contributed by atoms with E-state index in [2.05, 4.69) is 24.3 Å². The molecule has 5 heteroatoms. The van der Waals surface area contributed by atoms with Crippen LogP contribution in [0, 0.1) is 6.08 Å². The third-order valence-corrected chi connectivity index (χ3v) is 5.84. The first kappa shape index (κ1) is 27.5. The van der Waals surface area contributed by atoms with Crippen LogP contribution >= 0.6 is 0 Å². The smallest absolute Gasteiger partial charge is 0.282 e. The van der Waals surface area contributed by atoms with Gasteiger partial charge in [-0.25, -0.2) is 12.1 Å². The summed E-state index contributed by atoms with van der Waals surface area (Å²) < 4.78 is 10.2. The van der Waals surface area contributed by atoms with Crippen molar-refractivity contribution < 1.29 is 35.8 Å². The average molecular weight is 533 g/mol. The van der Waals surface area contributed by atoms with Crippen LogP contribution < -0.4 is 0 Å². The molecule has 0 N–H and O–H groups in total. The molecular weight excluding hydrogens is 507 g/mol. The largest absolute Gasteiger partial charge is 0.475 e. The van der Waals surface area contributed by atoms with Crippen LogP contribution in [0.3, 0.4) is 0 Å². The molecule has 0 unspecified atom stereocenters. The van der Waals surface area contributed by atoms with Crippen molar-refractivity contribution in [3.05, 3.63) is 149 Å². The fourth-order valence-electron chi connectivity index (χ4n) is 4.18. The average Bonchev–Trinajstić information content (AvgIpc) is 3.45. The predicted molar refractivity (Wildman–Crippen MR) is 141 cm³/mol. The summed E-state index contributed by atoms with van der Waals surface area (Å²) in [4.78, 5) is 26.0. The Labute approximate surface area is 227 Å². The van der Waals surface area contributed by atoms with E-state index >= 15 is 0 Å². The van der Waals surface area contributed by atoms with Gasteiger partial charge in [-0.2, -0.15) is 23.3 Å². The molecule has 189 valence electrons. The fourth-order valence-corrected chi connectivity index (χ4v) is 4.18. The van der Waals surface area contributed by atoms with Gasteiger partial charge in [-0.1, -0.05) is 84.4 Å². The molecule has 0 heterocycles. The summed E-state index contributed by atoms with van der Waals surface area (Å²) in [7, 11) is 2.62. The Bertz CT molecular complexity index is 1390. The first-order valence-electron chi connectivity index (χ1n) is 11.6. The van der Waals surface area contributed by atoms with E-state index in [4.69, 9.17) is 9.47 Å². The molecule has 0 saturated heterocycles. The molecule has 4 rings (SSSR count). The first-order chi connectivity index (χ1) is 17.6. The van der Waals surface area contributed by atoms with E-state index in [1.807, 2.05) is 91.0 Å². The van der Waals surface area contributed by atoms with Crippen molar-refractivity contribution in [1.82, 2.24) is 0 Å². The number of methoxy groups -OCH3 is 2. The molecule has 0 atom stereocenters. The van der Waals surface area contributed by atoms with E-state index in [1.165, 1.54) is 14.2 Å². The van der Waals surface area contributed by atoms with Crippen LogP contribution in [0.1, 0.15) is 27.8 Å². The Balaban J connectivity index is 0.00000380. The number of esters is 2. The number of hydrogen-bond donors (Lipinski definition) is 0. The molecule has 0 aliphatic carbocycles. The molecule has 0 fully saturated rings. The molecule has 0 bridgehead atoms. The maximum atomic E-state index is 13.5. The van der Waals surface area contributed by atoms with Gasteiger partial charge in [0.1, 0.15) is 0 Å². The molecule has 0 spiro atoms. The zero-order valence-corrected chi connectivity index (χ0v) is 21.6. The molecule has 1 radical (unpaired) electrons. The summed E-state index contributed by atoms with van der Waals surface area (Å²) in [5, 5.41) is 0. The molecule has 0 amide bonds. The van der Waals surface area contributed by atoms with Gasteiger partial charge in [0.15, 0.2) is 0 Å². The zero-order chi connectivity index (χ0) is 25.3. The minimum absolute atomic E-state index is 0. The van der Waals surface area contributed by atoms with Crippen LogP contribution in [0.4, 0.5) is 0 Å². The third-order valence-electron chi connectivity index (χ3n) is 5.84. The van der Waals surface area contributed by atoms with Gasteiger partial charge in [-0.3, -0.25) is 9.59 Å². The molecule has 0 aromatic heterocycles. The van der Waals surface area contributed by atoms with E-state index in [1.54, 1.807) is 0 Å². The molecule has 37 heavy (non-hydrogen) atoms.